The van der Waals surface area contributed by atoms with Crippen LogP contribution in [0.2, 0.25) is 0 Å². The largest absolute Gasteiger partial charge is 0.506 e. The summed E-state index contributed by atoms with van der Waals surface area (Å²) in [7, 11) is 0. The highest BCUT2D eigenvalue weighted by Gasteiger charge is 2.53. The monoisotopic (exact) mass is 431 g/mol. The zero-order valence-corrected chi connectivity index (χ0v) is 17.7. The lowest BCUT2D eigenvalue weighted by Gasteiger charge is -2.24. The van der Waals surface area contributed by atoms with Gasteiger partial charge in [-0.1, -0.05) is 49.4 Å². The first-order valence-corrected chi connectivity index (χ1v) is 11.1. The molecular weight excluding hydrogens is 411 g/mol. The zero-order valence-electron chi connectivity index (χ0n) is 16.9. The maximum absolute atomic E-state index is 14.5. The third-order valence-corrected chi connectivity index (χ3v) is 6.97. The Morgan fingerprint density at radius 2 is 1.68 bits per heavy atom. The molecule has 0 aromatic heterocycles. The van der Waals surface area contributed by atoms with Crippen LogP contribution in [0.1, 0.15) is 23.6 Å². The second-order valence-electron chi connectivity index (χ2n) is 7.53. The Bertz CT molecular complexity index is 1240. The van der Waals surface area contributed by atoms with Gasteiger partial charge in [0.25, 0.3) is 0 Å². The molecule has 0 radical (unpaired) electrons. The number of anilines is 1. The van der Waals surface area contributed by atoms with E-state index in [2.05, 4.69) is 6.92 Å². The number of carbonyl (C=O) groups excluding carboxylic acids is 2. The van der Waals surface area contributed by atoms with Crippen LogP contribution in [0.25, 0.3) is 0 Å². The van der Waals surface area contributed by atoms with Crippen LogP contribution in [0.4, 0.5) is 14.9 Å². The van der Waals surface area contributed by atoms with E-state index in [1.165, 1.54) is 22.7 Å². The molecule has 1 atom stereocenters. The summed E-state index contributed by atoms with van der Waals surface area (Å²) in [6.45, 7) is 2.11. The summed E-state index contributed by atoms with van der Waals surface area (Å²) in [6, 6.07) is 21.1. The van der Waals surface area contributed by atoms with Crippen molar-refractivity contribution >= 4 is 35.1 Å². The molecule has 2 aliphatic rings. The topological polar surface area (TPSA) is 40.4 Å². The minimum Gasteiger partial charge on any atom is -0.244 e. The van der Waals surface area contributed by atoms with Crippen molar-refractivity contribution in [2.75, 3.05) is 4.90 Å². The van der Waals surface area contributed by atoms with Gasteiger partial charge in [-0.25, -0.2) is 9.18 Å². The van der Waals surface area contributed by atoms with E-state index < -0.39 is 11.3 Å². The third-order valence-electron chi connectivity index (χ3n) is 5.70. The first-order valence-electron chi connectivity index (χ1n) is 10.2. The normalized spacial score (nSPS) is 17.7. The molecule has 31 heavy (non-hydrogen) atoms. The van der Waals surface area contributed by atoms with E-state index in [1.807, 2.05) is 36.4 Å². The number of imide groups is 1. The van der Waals surface area contributed by atoms with Gasteiger partial charge in [0.15, 0.2) is 5.25 Å². The lowest BCUT2D eigenvalue weighted by Crippen LogP contribution is -2.55. The van der Waals surface area contributed by atoms with E-state index in [4.69, 9.17) is 0 Å². The van der Waals surface area contributed by atoms with E-state index in [9.17, 15) is 14.0 Å². The van der Waals surface area contributed by atoms with Crippen molar-refractivity contribution in [3.8, 4) is 0 Å². The van der Waals surface area contributed by atoms with Crippen LogP contribution in [-0.2, 0) is 17.8 Å². The molecular formula is C25H20FN2O2S+. The van der Waals surface area contributed by atoms with Gasteiger partial charge in [0.2, 0.25) is 0 Å². The summed E-state index contributed by atoms with van der Waals surface area (Å²) in [5, 5.41) is -0.548. The molecule has 3 aromatic rings. The summed E-state index contributed by atoms with van der Waals surface area (Å²) < 4.78 is 16.0. The summed E-state index contributed by atoms with van der Waals surface area (Å²) in [4.78, 5) is 29.3. The molecule has 2 aliphatic heterocycles. The fourth-order valence-electron chi connectivity index (χ4n) is 4.06. The molecule has 0 saturated carbocycles. The zero-order chi connectivity index (χ0) is 21.5. The van der Waals surface area contributed by atoms with Crippen LogP contribution in [0.15, 0.2) is 77.7 Å². The van der Waals surface area contributed by atoms with E-state index in [1.54, 1.807) is 34.9 Å². The Kier molecular flexibility index (Phi) is 4.94. The van der Waals surface area contributed by atoms with Crippen molar-refractivity contribution < 1.29 is 18.6 Å². The van der Waals surface area contributed by atoms with Crippen LogP contribution in [-0.4, -0.2) is 27.5 Å². The van der Waals surface area contributed by atoms with Crippen LogP contribution in [0, 0.1) is 5.82 Å². The molecule has 0 N–H and O–H groups in total. The number of aryl methyl sites for hydroxylation is 1. The lowest BCUT2D eigenvalue weighted by atomic mass is 10.0. The Hall–Kier alpha value is -3.25. The van der Waals surface area contributed by atoms with Gasteiger partial charge in [-0.2, -0.15) is 9.37 Å². The van der Waals surface area contributed by atoms with Crippen molar-refractivity contribution in [1.29, 1.82) is 0 Å². The van der Waals surface area contributed by atoms with Crippen LogP contribution in [0.3, 0.4) is 0 Å². The highest BCUT2D eigenvalue weighted by Crippen LogP contribution is 2.41. The maximum Gasteiger partial charge on any atom is 0.506 e. The van der Waals surface area contributed by atoms with Gasteiger partial charge >= 0.3 is 11.9 Å². The SMILES string of the molecule is CCc1ccc(N2C(=O)C3Sc4ccccc4C3=[N+](Cc3ccccc3F)C2=O)cc1. The van der Waals surface area contributed by atoms with Gasteiger partial charge in [-0.15, -0.1) is 16.7 Å². The number of benzene rings is 3. The molecule has 3 aromatic carbocycles. The maximum atomic E-state index is 14.5. The minimum absolute atomic E-state index is 0.0586. The van der Waals surface area contributed by atoms with Crippen molar-refractivity contribution in [1.82, 2.24) is 0 Å². The molecule has 6 heteroatoms. The Morgan fingerprint density at radius 3 is 2.42 bits per heavy atom. The molecule has 154 valence electrons. The molecule has 1 unspecified atom stereocenters. The smallest absolute Gasteiger partial charge is 0.244 e. The molecule has 3 amide bonds. The number of rotatable bonds is 4. The quantitative estimate of drug-likeness (QED) is 0.544. The number of hydrogen-bond donors (Lipinski definition) is 0. The molecule has 5 rings (SSSR count). The lowest BCUT2D eigenvalue weighted by molar-refractivity contribution is -0.444. The summed E-state index contributed by atoms with van der Waals surface area (Å²) in [5.74, 6) is -0.641. The van der Waals surface area contributed by atoms with Gasteiger partial charge in [-0.3, -0.25) is 0 Å². The number of halogens is 1. The molecule has 0 aliphatic carbocycles. The first-order chi connectivity index (χ1) is 15.1. The number of hydrogen-bond acceptors (Lipinski definition) is 3. The number of amides is 3. The number of thioether (sulfide) groups is 1. The van der Waals surface area contributed by atoms with Crippen LogP contribution >= 0.6 is 11.8 Å². The molecule has 0 fully saturated rings. The second-order valence-corrected chi connectivity index (χ2v) is 8.68. The summed E-state index contributed by atoms with van der Waals surface area (Å²) >= 11 is 1.44. The first kappa shape index (κ1) is 19.7. The Labute approximate surface area is 184 Å². The van der Waals surface area contributed by atoms with Gasteiger partial charge in [0.1, 0.15) is 23.8 Å². The standard InChI is InChI=1S/C25H20FN2O2S/c1-2-16-11-13-18(14-12-16)28-24(29)23-22(19-8-4-6-10-21(19)31-23)27(25(28)30)15-17-7-3-5-9-20(17)26/h3-14,23H,2,15H2,1H3/q+1. The average Bonchev–Trinajstić information content (AvgIpc) is 3.18. The van der Waals surface area contributed by atoms with Crippen molar-refractivity contribution in [2.45, 2.75) is 30.0 Å². The third kappa shape index (κ3) is 3.27. The van der Waals surface area contributed by atoms with Gasteiger partial charge in [-0.05, 0) is 42.3 Å². The van der Waals surface area contributed by atoms with Gasteiger partial charge < -0.3 is 0 Å². The molecule has 2 heterocycles. The predicted octanol–water partition coefficient (Wildman–Crippen LogP) is 5.03. The second kappa shape index (κ2) is 7.78. The predicted molar refractivity (Wildman–Crippen MR) is 119 cm³/mol. The molecule has 0 bridgehead atoms. The Balaban J connectivity index is 1.66. The number of carbonyl (C=O) groups is 2. The summed E-state index contributed by atoms with van der Waals surface area (Å²) in [5.41, 5.74) is 3.56. The van der Waals surface area contributed by atoms with Crippen LogP contribution < -0.4 is 4.90 Å². The number of nitrogens with zero attached hydrogens (tertiary/aromatic N) is 2. The van der Waals surface area contributed by atoms with Crippen LogP contribution in [0.5, 0.6) is 0 Å². The van der Waals surface area contributed by atoms with Gasteiger partial charge in [0, 0.05) is 16.0 Å². The average molecular weight is 432 g/mol. The highest BCUT2D eigenvalue weighted by molar-refractivity contribution is 8.02. The molecule has 0 saturated heterocycles. The van der Waals surface area contributed by atoms with E-state index in [0.717, 1.165) is 22.4 Å². The number of urea groups is 1. The number of fused-ring (bicyclic) bond motifs is 3. The highest BCUT2D eigenvalue weighted by atomic mass is 32.2. The van der Waals surface area contributed by atoms with E-state index >= 15 is 0 Å². The molecule has 0 spiro atoms. The van der Waals surface area contributed by atoms with Gasteiger partial charge in [0.05, 0.1) is 0 Å². The fourth-order valence-corrected chi connectivity index (χ4v) is 5.35. The van der Waals surface area contributed by atoms with Crippen molar-refractivity contribution in [2.24, 2.45) is 0 Å². The van der Waals surface area contributed by atoms with Crippen molar-refractivity contribution in [3.05, 3.63) is 95.3 Å². The minimum atomic E-state index is -0.548. The fraction of sp³-hybridized carbons (Fsp3) is 0.160. The van der Waals surface area contributed by atoms with Crippen molar-refractivity contribution in [3.63, 3.8) is 0 Å². The molecule has 4 nitrogen and oxygen atoms in total. The van der Waals surface area contributed by atoms with E-state index in [0.29, 0.717) is 17.0 Å². The van der Waals surface area contributed by atoms with E-state index in [-0.39, 0.29) is 18.3 Å². The Morgan fingerprint density at radius 1 is 0.968 bits per heavy atom. The summed E-state index contributed by atoms with van der Waals surface area (Å²) in [6.07, 6.45) is 0.868.